The second-order valence-electron chi connectivity index (χ2n) is 6.81. The van der Waals surface area contributed by atoms with Crippen LogP contribution in [0.15, 0.2) is 24.3 Å². The quantitative estimate of drug-likeness (QED) is 0.840. The van der Waals surface area contributed by atoms with Gasteiger partial charge in [-0.2, -0.15) is 0 Å². The van der Waals surface area contributed by atoms with Gasteiger partial charge < -0.3 is 10.6 Å². The van der Waals surface area contributed by atoms with Crippen molar-refractivity contribution in [3.05, 3.63) is 29.8 Å². The largest absolute Gasteiger partial charge is 0.382 e. The highest BCUT2D eigenvalue weighted by Crippen LogP contribution is 2.33. The minimum absolute atomic E-state index is 0.660. The zero-order valence-corrected chi connectivity index (χ0v) is 13.4. The highest BCUT2D eigenvalue weighted by molar-refractivity contribution is 5.52. The molecular formula is C19H30N2. The molecule has 2 heteroatoms. The molecule has 2 N–H and O–H groups in total. The summed E-state index contributed by atoms with van der Waals surface area (Å²) in [6, 6.07) is 10.3. The molecule has 1 heterocycles. The Kier molecular flexibility index (Phi) is 5.18. The molecule has 1 saturated carbocycles. The molecule has 2 aliphatic rings. The minimum Gasteiger partial charge on any atom is -0.382 e. The Morgan fingerprint density at radius 1 is 1.10 bits per heavy atom. The topological polar surface area (TPSA) is 24.1 Å². The summed E-state index contributed by atoms with van der Waals surface area (Å²) in [6.07, 6.45) is 10.7. The molecule has 1 aliphatic heterocycles. The van der Waals surface area contributed by atoms with Gasteiger partial charge in [0, 0.05) is 17.8 Å². The number of aryl methyl sites for hydroxylation is 1. The summed E-state index contributed by atoms with van der Waals surface area (Å²) in [6.45, 7) is 3.49. The third-order valence-corrected chi connectivity index (χ3v) is 5.31. The van der Waals surface area contributed by atoms with Gasteiger partial charge in [0.05, 0.1) is 0 Å². The van der Waals surface area contributed by atoms with Crippen molar-refractivity contribution in [1.82, 2.24) is 5.32 Å². The van der Waals surface area contributed by atoms with Crippen LogP contribution in [0.4, 0.5) is 5.69 Å². The summed E-state index contributed by atoms with van der Waals surface area (Å²) in [7, 11) is 0. The predicted octanol–water partition coefficient (Wildman–Crippen LogP) is 4.36. The summed E-state index contributed by atoms with van der Waals surface area (Å²) in [5.74, 6) is 0.816. The van der Waals surface area contributed by atoms with Gasteiger partial charge in [-0.05, 0) is 56.2 Å². The fourth-order valence-electron chi connectivity index (χ4n) is 4.25. The Morgan fingerprint density at radius 3 is 2.76 bits per heavy atom. The van der Waals surface area contributed by atoms with E-state index in [-0.39, 0.29) is 0 Å². The first-order valence-electron chi connectivity index (χ1n) is 8.96. The molecule has 1 aromatic rings. The Bertz CT molecular complexity index is 437. The fourth-order valence-corrected chi connectivity index (χ4v) is 4.25. The average molecular weight is 286 g/mol. The molecule has 0 bridgehead atoms. The highest BCUT2D eigenvalue weighted by atomic mass is 15.0. The van der Waals surface area contributed by atoms with Gasteiger partial charge in [0.25, 0.3) is 0 Å². The van der Waals surface area contributed by atoms with Crippen LogP contribution >= 0.6 is 0 Å². The maximum atomic E-state index is 3.92. The standard InChI is InChI=1S/C19H30N2/c1-2-8-15-9-3-5-11-17(15)21-19-12-6-4-10-16(19)18-13-7-14-20-18/h3,5,9,11,16,18-21H,2,4,6-8,10,12-14H2,1H3. The molecule has 3 rings (SSSR count). The zero-order chi connectivity index (χ0) is 14.5. The lowest BCUT2D eigenvalue weighted by atomic mass is 9.79. The Balaban J connectivity index is 1.72. The van der Waals surface area contributed by atoms with Gasteiger partial charge in [-0.3, -0.25) is 0 Å². The molecule has 116 valence electrons. The van der Waals surface area contributed by atoms with E-state index in [2.05, 4.69) is 41.8 Å². The van der Waals surface area contributed by atoms with Crippen molar-refractivity contribution in [2.75, 3.05) is 11.9 Å². The van der Waals surface area contributed by atoms with Crippen LogP contribution < -0.4 is 10.6 Å². The van der Waals surface area contributed by atoms with Crippen LogP contribution in [0.5, 0.6) is 0 Å². The lowest BCUT2D eigenvalue weighted by Gasteiger charge is -2.37. The molecule has 1 saturated heterocycles. The van der Waals surface area contributed by atoms with E-state index in [1.807, 2.05) is 0 Å². The van der Waals surface area contributed by atoms with Crippen molar-refractivity contribution < 1.29 is 0 Å². The van der Waals surface area contributed by atoms with Crippen molar-refractivity contribution in [2.45, 2.75) is 70.4 Å². The van der Waals surface area contributed by atoms with Gasteiger partial charge in [-0.1, -0.05) is 44.4 Å². The summed E-state index contributed by atoms with van der Waals surface area (Å²) < 4.78 is 0. The normalized spacial score (nSPS) is 29.5. The average Bonchev–Trinajstić information content (AvgIpc) is 3.04. The van der Waals surface area contributed by atoms with Gasteiger partial charge in [0.1, 0.15) is 0 Å². The maximum absolute atomic E-state index is 3.92. The first-order chi connectivity index (χ1) is 10.4. The lowest BCUT2D eigenvalue weighted by molar-refractivity contribution is 0.262. The van der Waals surface area contributed by atoms with Gasteiger partial charge in [0.15, 0.2) is 0 Å². The number of benzene rings is 1. The second kappa shape index (κ2) is 7.31. The van der Waals surface area contributed by atoms with Crippen molar-refractivity contribution in [3.8, 4) is 0 Å². The number of anilines is 1. The Labute approximate surface area is 129 Å². The Morgan fingerprint density at radius 2 is 1.95 bits per heavy atom. The molecular weight excluding hydrogens is 256 g/mol. The lowest BCUT2D eigenvalue weighted by Crippen LogP contribution is -2.43. The van der Waals surface area contributed by atoms with Crippen LogP contribution in [0.2, 0.25) is 0 Å². The second-order valence-corrected chi connectivity index (χ2v) is 6.81. The van der Waals surface area contributed by atoms with E-state index in [0.717, 1.165) is 12.0 Å². The number of hydrogen-bond acceptors (Lipinski definition) is 2. The third kappa shape index (κ3) is 3.60. The van der Waals surface area contributed by atoms with E-state index in [0.29, 0.717) is 6.04 Å². The minimum atomic E-state index is 0.660. The molecule has 1 aliphatic carbocycles. The van der Waals surface area contributed by atoms with E-state index < -0.39 is 0 Å². The van der Waals surface area contributed by atoms with Crippen LogP contribution in [-0.2, 0) is 6.42 Å². The number of nitrogens with one attached hydrogen (secondary N) is 2. The summed E-state index contributed by atoms with van der Waals surface area (Å²) >= 11 is 0. The van der Waals surface area contributed by atoms with Crippen molar-refractivity contribution >= 4 is 5.69 Å². The van der Waals surface area contributed by atoms with Crippen LogP contribution in [0, 0.1) is 5.92 Å². The molecule has 0 radical (unpaired) electrons. The maximum Gasteiger partial charge on any atom is 0.0374 e. The summed E-state index contributed by atoms with van der Waals surface area (Å²) in [5, 5.41) is 7.66. The smallest absolute Gasteiger partial charge is 0.0374 e. The molecule has 0 spiro atoms. The SMILES string of the molecule is CCCc1ccccc1NC1CCCCC1C1CCCN1. The third-order valence-electron chi connectivity index (χ3n) is 5.31. The van der Waals surface area contributed by atoms with Crippen LogP contribution in [-0.4, -0.2) is 18.6 Å². The molecule has 2 fully saturated rings. The van der Waals surface area contributed by atoms with E-state index >= 15 is 0 Å². The van der Waals surface area contributed by atoms with E-state index in [9.17, 15) is 0 Å². The fraction of sp³-hybridized carbons (Fsp3) is 0.684. The highest BCUT2D eigenvalue weighted by Gasteiger charge is 2.33. The number of rotatable bonds is 5. The van der Waals surface area contributed by atoms with Crippen molar-refractivity contribution in [3.63, 3.8) is 0 Å². The molecule has 1 aromatic carbocycles. The first-order valence-corrected chi connectivity index (χ1v) is 8.96. The van der Waals surface area contributed by atoms with Crippen molar-refractivity contribution in [1.29, 1.82) is 0 Å². The van der Waals surface area contributed by atoms with Gasteiger partial charge in [0.2, 0.25) is 0 Å². The molecule has 3 atom stereocenters. The Hall–Kier alpha value is -1.02. The molecule has 2 nitrogen and oxygen atoms in total. The van der Waals surface area contributed by atoms with E-state index in [1.165, 1.54) is 69.2 Å². The summed E-state index contributed by atoms with van der Waals surface area (Å²) in [4.78, 5) is 0. The van der Waals surface area contributed by atoms with E-state index in [1.54, 1.807) is 0 Å². The first kappa shape index (κ1) is 14.9. The zero-order valence-electron chi connectivity index (χ0n) is 13.4. The molecule has 21 heavy (non-hydrogen) atoms. The van der Waals surface area contributed by atoms with Crippen molar-refractivity contribution in [2.24, 2.45) is 5.92 Å². The predicted molar refractivity (Wildman–Crippen MR) is 90.8 cm³/mol. The molecule has 0 aromatic heterocycles. The van der Waals surface area contributed by atoms with Crippen LogP contribution in [0.1, 0.15) is 57.4 Å². The van der Waals surface area contributed by atoms with E-state index in [4.69, 9.17) is 0 Å². The van der Waals surface area contributed by atoms with Gasteiger partial charge >= 0.3 is 0 Å². The number of para-hydroxylation sites is 1. The monoisotopic (exact) mass is 286 g/mol. The van der Waals surface area contributed by atoms with Gasteiger partial charge in [-0.25, -0.2) is 0 Å². The summed E-state index contributed by atoms with van der Waals surface area (Å²) in [5.41, 5.74) is 2.87. The number of hydrogen-bond donors (Lipinski definition) is 2. The van der Waals surface area contributed by atoms with Gasteiger partial charge in [-0.15, -0.1) is 0 Å². The van der Waals surface area contributed by atoms with Crippen LogP contribution in [0.3, 0.4) is 0 Å². The van der Waals surface area contributed by atoms with Crippen LogP contribution in [0.25, 0.3) is 0 Å². The molecule has 3 unspecified atom stereocenters. The molecule has 0 amide bonds.